The summed E-state index contributed by atoms with van der Waals surface area (Å²) in [6.07, 6.45) is 6.62. The van der Waals surface area contributed by atoms with Gasteiger partial charge in [-0.1, -0.05) is 36.8 Å². The molecule has 2 aromatic rings. The zero-order valence-corrected chi connectivity index (χ0v) is 12.3. The topological polar surface area (TPSA) is 34.9 Å². The molecule has 0 radical (unpaired) electrons. The molecule has 0 fully saturated rings. The Morgan fingerprint density at radius 1 is 1.25 bits per heavy atom. The Morgan fingerprint density at radius 2 is 2.00 bits per heavy atom. The van der Waals surface area contributed by atoms with E-state index in [2.05, 4.69) is 47.7 Å². The van der Waals surface area contributed by atoms with Gasteiger partial charge in [0.1, 0.15) is 11.6 Å². The monoisotopic (exact) mass is 270 g/mol. The Kier molecular flexibility index (Phi) is 5.10. The zero-order chi connectivity index (χ0) is 14.4. The molecule has 1 aromatic carbocycles. The van der Waals surface area contributed by atoms with Crippen LogP contribution in [0.3, 0.4) is 0 Å². The summed E-state index contributed by atoms with van der Waals surface area (Å²) in [5.41, 5.74) is 2.47. The van der Waals surface area contributed by atoms with Crippen molar-refractivity contribution in [3.05, 3.63) is 53.6 Å². The summed E-state index contributed by atoms with van der Waals surface area (Å²) in [6, 6.07) is 8.38. The molecule has 0 aliphatic carbocycles. The lowest BCUT2D eigenvalue weighted by atomic mass is 10.0. The number of hydrogen-bond acceptors (Lipinski definition) is 2. The Bertz CT molecular complexity index is 555. The summed E-state index contributed by atoms with van der Waals surface area (Å²) >= 11 is 0. The fourth-order valence-corrected chi connectivity index (χ4v) is 2.25. The minimum absolute atomic E-state index is 0.258. The van der Waals surface area contributed by atoms with Crippen LogP contribution in [0.4, 0.5) is 0 Å². The molecule has 0 spiro atoms. The minimum Gasteiger partial charge on any atom is -0.335 e. The molecule has 2 rings (SSSR count). The molecule has 3 heteroatoms. The summed E-state index contributed by atoms with van der Waals surface area (Å²) in [6.45, 7) is 5.13. The highest BCUT2D eigenvalue weighted by Gasteiger charge is 2.09. The third-order valence-corrected chi connectivity index (χ3v) is 3.43. The first-order valence-corrected chi connectivity index (χ1v) is 7.26. The molecule has 1 heterocycles. The predicted molar refractivity (Wildman–Crippen MR) is 80.7 cm³/mol. The lowest BCUT2D eigenvalue weighted by Crippen LogP contribution is -2.10. The lowest BCUT2D eigenvalue weighted by Gasteiger charge is -2.06. The smallest absolute Gasteiger partial charge is 0.140 e. The van der Waals surface area contributed by atoms with E-state index in [1.807, 2.05) is 6.20 Å². The quantitative estimate of drug-likeness (QED) is 0.773. The van der Waals surface area contributed by atoms with Crippen LogP contribution in [0, 0.1) is 6.92 Å². The van der Waals surface area contributed by atoms with Crippen LogP contribution in [-0.4, -0.2) is 15.3 Å². The van der Waals surface area contributed by atoms with Crippen molar-refractivity contribution in [2.45, 2.75) is 46.1 Å². The molecular formula is C17H22N2O. The first-order valence-electron chi connectivity index (χ1n) is 7.26. The number of carbonyl (C=O) groups excluding carboxylic acids is 1. The highest BCUT2D eigenvalue weighted by molar-refractivity contribution is 5.80. The van der Waals surface area contributed by atoms with Gasteiger partial charge in [0, 0.05) is 25.4 Å². The SMILES string of the molecule is CCCn1ccnc1CC(=O)CCc1ccc(C)cc1. The van der Waals surface area contributed by atoms with Gasteiger partial charge in [-0.3, -0.25) is 4.79 Å². The number of imidazole rings is 1. The standard InChI is InChI=1S/C17H22N2O/c1-3-11-19-12-10-18-17(19)13-16(20)9-8-15-6-4-14(2)5-7-15/h4-7,10,12H,3,8-9,11,13H2,1-2H3. The largest absolute Gasteiger partial charge is 0.335 e. The maximum absolute atomic E-state index is 12.1. The van der Waals surface area contributed by atoms with Crippen molar-refractivity contribution in [1.82, 2.24) is 9.55 Å². The van der Waals surface area contributed by atoms with E-state index in [1.54, 1.807) is 6.20 Å². The third kappa shape index (κ3) is 4.05. The van der Waals surface area contributed by atoms with Crippen LogP contribution in [0.5, 0.6) is 0 Å². The van der Waals surface area contributed by atoms with Gasteiger partial charge < -0.3 is 4.57 Å². The average molecular weight is 270 g/mol. The van der Waals surface area contributed by atoms with Crippen molar-refractivity contribution in [1.29, 1.82) is 0 Å². The molecule has 3 nitrogen and oxygen atoms in total. The second-order valence-corrected chi connectivity index (χ2v) is 5.24. The van der Waals surface area contributed by atoms with Crippen molar-refractivity contribution in [2.75, 3.05) is 0 Å². The van der Waals surface area contributed by atoms with Gasteiger partial charge in [-0.05, 0) is 25.3 Å². The Morgan fingerprint density at radius 3 is 2.70 bits per heavy atom. The van der Waals surface area contributed by atoms with E-state index in [-0.39, 0.29) is 5.78 Å². The van der Waals surface area contributed by atoms with E-state index in [1.165, 1.54) is 11.1 Å². The Hall–Kier alpha value is -1.90. The van der Waals surface area contributed by atoms with E-state index in [0.717, 1.165) is 25.2 Å². The molecule has 106 valence electrons. The maximum atomic E-state index is 12.1. The number of rotatable bonds is 7. The van der Waals surface area contributed by atoms with Crippen LogP contribution in [0.25, 0.3) is 0 Å². The molecule has 1 aromatic heterocycles. The number of ketones is 1. The maximum Gasteiger partial charge on any atom is 0.140 e. The highest BCUT2D eigenvalue weighted by atomic mass is 16.1. The van der Waals surface area contributed by atoms with Gasteiger partial charge >= 0.3 is 0 Å². The Balaban J connectivity index is 1.86. The molecule has 0 saturated carbocycles. The van der Waals surface area contributed by atoms with E-state index in [9.17, 15) is 4.79 Å². The number of carbonyl (C=O) groups is 1. The van der Waals surface area contributed by atoms with E-state index >= 15 is 0 Å². The van der Waals surface area contributed by atoms with Crippen LogP contribution in [0.15, 0.2) is 36.7 Å². The molecule has 0 aliphatic rings. The second kappa shape index (κ2) is 7.04. The summed E-state index contributed by atoms with van der Waals surface area (Å²) in [7, 11) is 0. The molecule has 0 unspecified atom stereocenters. The molecule has 0 saturated heterocycles. The molecule has 0 atom stereocenters. The predicted octanol–water partition coefficient (Wildman–Crippen LogP) is 3.35. The fourth-order valence-electron chi connectivity index (χ4n) is 2.25. The number of nitrogens with zero attached hydrogens (tertiary/aromatic N) is 2. The van der Waals surface area contributed by atoms with Crippen LogP contribution in [0.2, 0.25) is 0 Å². The van der Waals surface area contributed by atoms with Crippen LogP contribution < -0.4 is 0 Å². The summed E-state index contributed by atoms with van der Waals surface area (Å²) in [4.78, 5) is 16.3. The van der Waals surface area contributed by atoms with Crippen molar-refractivity contribution in [3.8, 4) is 0 Å². The normalized spacial score (nSPS) is 10.7. The van der Waals surface area contributed by atoms with Gasteiger partial charge in [-0.25, -0.2) is 4.98 Å². The van der Waals surface area contributed by atoms with Crippen molar-refractivity contribution >= 4 is 5.78 Å². The number of aromatic nitrogens is 2. The molecule has 0 N–H and O–H groups in total. The zero-order valence-electron chi connectivity index (χ0n) is 12.3. The summed E-state index contributed by atoms with van der Waals surface area (Å²) in [5.74, 6) is 1.15. The fraction of sp³-hybridized carbons (Fsp3) is 0.412. The van der Waals surface area contributed by atoms with E-state index in [4.69, 9.17) is 0 Å². The van der Waals surface area contributed by atoms with Gasteiger partial charge in [0.25, 0.3) is 0 Å². The van der Waals surface area contributed by atoms with Gasteiger partial charge in [0.05, 0.1) is 6.42 Å². The molecular weight excluding hydrogens is 248 g/mol. The molecule has 0 aliphatic heterocycles. The minimum atomic E-state index is 0.258. The van der Waals surface area contributed by atoms with Crippen LogP contribution in [0.1, 0.15) is 36.7 Å². The average Bonchev–Trinajstić information content (AvgIpc) is 2.86. The van der Waals surface area contributed by atoms with Crippen molar-refractivity contribution in [3.63, 3.8) is 0 Å². The lowest BCUT2D eigenvalue weighted by molar-refractivity contribution is -0.118. The van der Waals surface area contributed by atoms with Gasteiger partial charge in [0.15, 0.2) is 0 Å². The number of benzene rings is 1. The first-order chi connectivity index (χ1) is 9.69. The van der Waals surface area contributed by atoms with Crippen LogP contribution in [-0.2, 0) is 24.2 Å². The number of aryl methyl sites for hydroxylation is 3. The van der Waals surface area contributed by atoms with Crippen molar-refractivity contribution < 1.29 is 4.79 Å². The number of hydrogen-bond donors (Lipinski definition) is 0. The molecule has 20 heavy (non-hydrogen) atoms. The number of Topliss-reactive ketones (excluding diaryl/α,β-unsaturated/α-hetero) is 1. The first kappa shape index (κ1) is 14.5. The van der Waals surface area contributed by atoms with Gasteiger partial charge in [0.2, 0.25) is 0 Å². The van der Waals surface area contributed by atoms with E-state index in [0.29, 0.717) is 12.8 Å². The van der Waals surface area contributed by atoms with Gasteiger partial charge in [-0.15, -0.1) is 0 Å². The van der Waals surface area contributed by atoms with Crippen LogP contribution >= 0.6 is 0 Å². The highest BCUT2D eigenvalue weighted by Crippen LogP contribution is 2.08. The third-order valence-electron chi connectivity index (χ3n) is 3.43. The van der Waals surface area contributed by atoms with E-state index < -0.39 is 0 Å². The summed E-state index contributed by atoms with van der Waals surface area (Å²) < 4.78 is 2.07. The Labute approximate surface area is 120 Å². The molecule has 0 bridgehead atoms. The molecule has 0 amide bonds. The summed E-state index contributed by atoms with van der Waals surface area (Å²) in [5, 5.41) is 0. The second-order valence-electron chi connectivity index (χ2n) is 5.24. The van der Waals surface area contributed by atoms with Crippen molar-refractivity contribution in [2.24, 2.45) is 0 Å². The van der Waals surface area contributed by atoms with Gasteiger partial charge in [-0.2, -0.15) is 0 Å².